The van der Waals surface area contributed by atoms with Crippen LogP contribution in [0.2, 0.25) is 14.8 Å². The van der Waals surface area contributed by atoms with E-state index in [-0.39, 0.29) is 0 Å². The minimum atomic E-state index is -2.00. The molecule has 9 heavy (non-hydrogen) atoms. The van der Waals surface area contributed by atoms with Crippen molar-refractivity contribution in [3.8, 4) is 0 Å². The van der Waals surface area contributed by atoms with Crippen molar-refractivity contribution in [2.75, 3.05) is 13.3 Å². The van der Waals surface area contributed by atoms with Crippen molar-refractivity contribution in [3.63, 3.8) is 0 Å². The van der Waals surface area contributed by atoms with Gasteiger partial charge in [0.15, 0.2) is 0 Å². The van der Waals surface area contributed by atoms with E-state index in [1.54, 1.807) is 0 Å². The summed E-state index contributed by atoms with van der Waals surface area (Å²) in [6.07, 6.45) is -1.36. The molecule has 0 rings (SSSR count). The van der Waals surface area contributed by atoms with E-state index in [9.17, 15) is 0 Å². The van der Waals surface area contributed by atoms with Gasteiger partial charge in [0, 0.05) is 0 Å². The van der Waals surface area contributed by atoms with Gasteiger partial charge < -0.3 is 0 Å². The predicted octanol–water partition coefficient (Wildman–Crippen LogP) is 2.49. The van der Waals surface area contributed by atoms with Gasteiger partial charge in [-0.05, 0) is 0 Å². The predicted molar refractivity (Wildman–Crippen MR) is 50.6 cm³/mol. The molecule has 0 atom stereocenters. The van der Waals surface area contributed by atoms with Crippen molar-refractivity contribution < 1.29 is 2.86 Å². The second kappa shape index (κ2) is 3.20. The van der Waals surface area contributed by atoms with E-state index in [1.165, 1.54) is 0 Å². The minimum absolute atomic E-state index is 1.36. The van der Waals surface area contributed by atoms with E-state index in [0.717, 1.165) is 0 Å². The first kappa shape index (κ1) is 10.4. The Morgan fingerprint density at radius 3 is 1.56 bits per heavy atom. The van der Waals surface area contributed by atoms with Gasteiger partial charge in [0.1, 0.15) is 0 Å². The Bertz CT molecular complexity index is 134. The Labute approximate surface area is 67.7 Å². The van der Waals surface area contributed by atoms with Crippen molar-refractivity contribution in [2.24, 2.45) is 0 Å². The van der Waals surface area contributed by atoms with Crippen LogP contribution in [-0.4, -0.2) is 32.1 Å². The van der Waals surface area contributed by atoms with Crippen LogP contribution in [0.1, 0.15) is 0 Å². The van der Waals surface area contributed by atoms with Crippen LogP contribution in [-0.2, 0) is 14.7 Å². The Morgan fingerprint density at radius 2 is 1.56 bits per heavy atom. The summed E-state index contributed by atoms with van der Waals surface area (Å²) in [6.45, 7) is 4.09. The second-order valence-electron chi connectivity index (χ2n) is 3.46. The molecule has 0 saturated heterocycles. The Morgan fingerprint density at radius 1 is 1.22 bits per heavy atom. The summed E-state index contributed by atoms with van der Waals surface area (Å²) in [5, 5.41) is 0. The molecule has 0 aromatic rings. The molecule has 1 nitrogen and oxygen atoms in total. The zero-order valence-electron chi connectivity index (χ0n) is 6.76. The van der Waals surface area contributed by atoms with E-state index in [2.05, 4.69) is 14.8 Å². The normalized spacial score (nSPS) is 13.9. The maximum absolute atomic E-state index is 5.76. The first-order chi connectivity index (χ1) is 3.71. The Balaban J connectivity index is 3.90. The van der Waals surface area contributed by atoms with Gasteiger partial charge in [-0.15, -0.1) is 0 Å². The number of hydrogen-bond acceptors (Lipinski definition) is 2. The molecule has 56 valence electrons. The molecule has 0 saturated carbocycles. The number of hydrogen-bond donors (Lipinski definition) is 0. The molecular weight excluding hydrogens is 258 g/mol. The monoisotopic (exact) mass is 274 g/mol. The fourth-order valence-electron chi connectivity index (χ4n) is 0.660. The topological polar surface area (TPSA) is 9.23 Å². The third-order valence-corrected chi connectivity index (χ3v) is 11.4. The van der Waals surface area contributed by atoms with Gasteiger partial charge in [0.2, 0.25) is 0 Å². The zero-order chi connectivity index (χ0) is 7.71. The molecule has 0 bridgehead atoms. The van der Waals surface area contributed by atoms with Crippen LogP contribution in [0.4, 0.5) is 0 Å². The van der Waals surface area contributed by atoms with Crippen LogP contribution < -0.4 is 0 Å². The second-order valence-corrected chi connectivity index (χ2v) is 22.4. The van der Waals surface area contributed by atoms with Gasteiger partial charge in [0.25, 0.3) is 0 Å². The third-order valence-electron chi connectivity index (χ3n) is 0.494. The molecule has 0 aromatic carbocycles. The zero-order valence-corrected chi connectivity index (χ0v) is 11.3. The fraction of sp³-hybridized carbons (Fsp3) is 1.00. The molecular formula is C5H15OPSSn. The maximum atomic E-state index is 5.76. The molecule has 4 heteroatoms. The van der Waals surface area contributed by atoms with E-state index >= 15 is 0 Å². The SMILES string of the molecule is CP(C)(=S)[O][Sn]([CH3])([CH3])[CH3]. The summed E-state index contributed by atoms with van der Waals surface area (Å²) >= 11 is 3.17. The molecule has 0 aliphatic heterocycles. The van der Waals surface area contributed by atoms with Crippen molar-refractivity contribution in [1.82, 2.24) is 0 Å². The fourth-order valence-corrected chi connectivity index (χ4v) is 17.8. The van der Waals surface area contributed by atoms with Crippen molar-refractivity contribution in [2.45, 2.75) is 14.8 Å². The van der Waals surface area contributed by atoms with E-state index < -0.39 is 25.1 Å². The molecule has 0 aliphatic rings. The summed E-state index contributed by atoms with van der Waals surface area (Å²) < 4.78 is 5.76. The van der Waals surface area contributed by atoms with Gasteiger partial charge in [0.05, 0.1) is 0 Å². The van der Waals surface area contributed by atoms with E-state index in [4.69, 9.17) is 14.7 Å². The molecule has 0 aromatic heterocycles. The summed E-state index contributed by atoms with van der Waals surface area (Å²) in [6, 6.07) is 0. The summed E-state index contributed by atoms with van der Waals surface area (Å²) in [5.41, 5.74) is 0. The first-order valence-electron chi connectivity index (χ1n) is 2.96. The van der Waals surface area contributed by atoms with Crippen LogP contribution in [0.5, 0.6) is 0 Å². The van der Waals surface area contributed by atoms with Crippen LogP contribution in [0.3, 0.4) is 0 Å². The number of rotatable bonds is 2. The quantitative estimate of drug-likeness (QED) is 0.564. The van der Waals surface area contributed by atoms with Gasteiger partial charge in [-0.2, -0.15) is 0 Å². The molecule has 0 aliphatic carbocycles. The van der Waals surface area contributed by atoms with Crippen molar-refractivity contribution in [1.29, 1.82) is 0 Å². The first-order valence-corrected chi connectivity index (χ1v) is 16.3. The van der Waals surface area contributed by atoms with Crippen LogP contribution in [0.25, 0.3) is 0 Å². The Kier molecular flexibility index (Phi) is 3.71. The van der Waals surface area contributed by atoms with Gasteiger partial charge >= 0.3 is 67.9 Å². The molecule has 0 heterocycles. The third kappa shape index (κ3) is 9.41. The molecule has 0 fully saturated rings. The van der Waals surface area contributed by atoms with Gasteiger partial charge in [-0.1, -0.05) is 0 Å². The Hall–Kier alpha value is 1.41. The van der Waals surface area contributed by atoms with Gasteiger partial charge in [-0.3, -0.25) is 0 Å². The average molecular weight is 273 g/mol. The molecule has 0 unspecified atom stereocenters. The van der Waals surface area contributed by atoms with Crippen molar-refractivity contribution in [3.05, 3.63) is 0 Å². The molecule has 0 spiro atoms. The van der Waals surface area contributed by atoms with Crippen molar-refractivity contribution >= 4 is 36.9 Å². The summed E-state index contributed by atoms with van der Waals surface area (Å²) in [7, 11) is 0. The standard InChI is InChI=1S/C2H7OPS.3CH3.Sn/c1-4(2,3)5;;;;/h1-2H3,(H,3,5);3*1H3;/q;;;;+1/p-1. The average Bonchev–Trinajstić information content (AvgIpc) is 1.14. The van der Waals surface area contributed by atoms with E-state index in [1.807, 2.05) is 13.3 Å². The van der Waals surface area contributed by atoms with Gasteiger partial charge in [-0.25, -0.2) is 0 Å². The molecule has 0 N–H and O–H groups in total. The molecule has 0 radical (unpaired) electrons. The van der Waals surface area contributed by atoms with Crippen LogP contribution in [0, 0.1) is 0 Å². The van der Waals surface area contributed by atoms with E-state index in [0.29, 0.717) is 0 Å². The molecule has 0 amide bonds. The summed E-state index contributed by atoms with van der Waals surface area (Å²) in [5.74, 6) is 0. The van der Waals surface area contributed by atoms with Crippen LogP contribution >= 0.6 is 6.26 Å². The summed E-state index contributed by atoms with van der Waals surface area (Å²) in [4.78, 5) is 6.72. The van der Waals surface area contributed by atoms with Crippen LogP contribution in [0.15, 0.2) is 0 Å².